The standard InChI is InChI=1S/C24H32O4Si/c1-23(2,3)29(20-11-7-5-8-12-20,21-13-9-6-10-14-21)27-18-17-24(15-16-24)28-22(25)19-26-4/h5-14H,15-19H2,1-4H3. The third kappa shape index (κ3) is 4.79. The number of rotatable bonds is 9. The lowest BCUT2D eigenvalue weighted by Gasteiger charge is -2.43. The van der Waals surface area contributed by atoms with E-state index in [9.17, 15) is 4.79 Å². The van der Waals surface area contributed by atoms with E-state index in [1.54, 1.807) is 0 Å². The van der Waals surface area contributed by atoms with Crippen LogP contribution >= 0.6 is 0 Å². The highest BCUT2D eigenvalue weighted by atomic mass is 28.4. The molecule has 5 heteroatoms. The number of carbonyl (C=O) groups is 1. The molecule has 1 aliphatic carbocycles. The molecule has 4 nitrogen and oxygen atoms in total. The summed E-state index contributed by atoms with van der Waals surface area (Å²) in [5.41, 5.74) is -0.374. The predicted octanol–water partition coefficient (Wildman–Crippen LogP) is 3.68. The summed E-state index contributed by atoms with van der Waals surface area (Å²) in [4.78, 5) is 11.9. The quantitative estimate of drug-likeness (QED) is 0.466. The summed E-state index contributed by atoms with van der Waals surface area (Å²) in [6, 6.07) is 21.2. The lowest BCUT2D eigenvalue weighted by molar-refractivity contribution is -0.156. The third-order valence-electron chi connectivity index (χ3n) is 5.69. The zero-order valence-electron chi connectivity index (χ0n) is 17.9. The maximum atomic E-state index is 11.9. The van der Waals surface area contributed by atoms with Gasteiger partial charge < -0.3 is 13.9 Å². The van der Waals surface area contributed by atoms with Crippen LogP contribution in [0.5, 0.6) is 0 Å². The minimum atomic E-state index is -2.54. The second-order valence-corrected chi connectivity index (χ2v) is 13.2. The van der Waals surface area contributed by atoms with Crippen molar-refractivity contribution >= 4 is 24.7 Å². The molecule has 2 aromatic rings. The summed E-state index contributed by atoms with van der Waals surface area (Å²) in [6.07, 6.45) is 2.51. The van der Waals surface area contributed by atoms with E-state index in [0.29, 0.717) is 13.0 Å². The third-order valence-corrected chi connectivity index (χ3v) is 10.7. The van der Waals surface area contributed by atoms with Crippen LogP contribution in [0.25, 0.3) is 0 Å². The Morgan fingerprint density at radius 3 is 1.90 bits per heavy atom. The molecule has 3 rings (SSSR count). The van der Waals surface area contributed by atoms with Gasteiger partial charge in [-0.15, -0.1) is 0 Å². The summed E-state index contributed by atoms with van der Waals surface area (Å²) < 4.78 is 17.5. The number of benzene rings is 2. The van der Waals surface area contributed by atoms with Gasteiger partial charge in [-0.05, 0) is 28.3 Å². The lowest BCUT2D eigenvalue weighted by atomic mass is 10.2. The fourth-order valence-electron chi connectivity index (χ4n) is 4.08. The van der Waals surface area contributed by atoms with Crippen molar-refractivity contribution < 1.29 is 18.7 Å². The lowest BCUT2D eigenvalue weighted by Crippen LogP contribution is -2.66. The molecular weight excluding hydrogens is 380 g/mol. The van der Waals surface area contributed by atoms with E-state index in [-0.39, 0.29) is 23.2 Å². The van der Waals surface area contributed by atoms with Gasteiger partial charge in [-0.3, -0.25) is 0 Å². The van der Waals surface area contributed by atoms with Crippen molar-refractivity contribution in [2.45, 2.75) is 50.7 Å². The average Bonchev–Trinajstić information content (AvgIpc) is 3.45. The van der Waals surface area contributed by atoms with E-state index in [0.717, 1.165) is 12.8 Å². The van der Waals surface area contributed by atoms with Gasteiger partial charge in [0.25, 0.3) is 8.32 Å². The number of esters is 1. The summed E-state index contributed by atoms with van der Waals surface area (Å²) >= 11 is 0. The Kier molecular flexibility index (Phi) is 6.61. The fraction of sp³-hybridized carbons (Fsp3) is 0.458. The summed E-state index contributed by atoms with van der Waals surface area (Å²) in [6.45, 7) is 7.37. The Morgan fingerprint density at radius 1 is 0.966 bits per heavy atom. The number of hydrogen-bond donors (Lipinski definition) is 0. The molecule has 1 aliphatic rings. The van der Waals surface area contributed by atoms with Gasteiger partial charge >= 0.3 is 5.97 Å². The molecule has 0 spiro atoms. The van der Waals surface area contributed by atoms with Crippen LogP contribution in [0, 0.1) is 0 Å². The topological polar surface area (TPSA) is 44.8 Å². The first-order chi connectivity index (χ1) is 13.8. The van der Waals surface area contributed by atoms with E-state index in [4.69, 9.17) is 13.9 Å². The molecule has 0 saturated heterocycles. The molecule has 0 unspecified atom stereocenters. The van der Waals surface area contributed by atoms with Crippen molar-refractivity contribution in [2.75, 3.05) is 20.3 Å². The van der Waals surface area contributed by atoms with E-state index >= 15 is 0 Å². The van der Waals surface area contributed by atoms with Crippen LogP contribution < -0.4 is 10.4 Å². The van der Waals surface area contributed by atoms with Gasteiger partial charge in [0, 0.05) is 20.1 Å². The van der Waals surface area contributed by atoms with Crippen LogP contribution in [0.2, 0.25) is 5.04 Å². The monoisotopic (exact) mass is 412 g/mol. The summed E-state index contributed by atoms with van der Waals surface area (Å²) in [5.74, 6) is -0.296. The molecule has 0 aromatic heterocycles. The smallest absolute Gasteiger partial charge is 0.332 e. The van der Waals surface area contributed by atoms with E-state index in [1.165, 1.54) is 17.5 Å². The van der Waals surface area contributed by atoms with Crippen molar-refractivity contribution in [3.63, 3.8) is 0 Å². The Labute approximate surface area is 175 Å². The Balaban J connectivity index is 1.86. The zero-order valence-corrected chi connectivity index (χ0v) is 18.9. The van der Waals surface area contributed by atoms with E-state index < -0.39 is 8.32 Å². The van der Waals surface area contributed by atoms with Crippen LogP contribution in [0.1, 0.15) is 40.0 Å². The molecule has 0 radical (unpaired) electrons. The molecule has 156 valence electrons. The summed E-state index contributed by atoms with van der Waals surface area (Å²) in [5, 5.41) is 2.47. The van der Waals surface area contributed by atoms with E-state index in [2.05, 4.69) is 69.3 Å². The molecule has 1 fully saturated rings. The van der Waals surface area contributed by atoms with Crippen LogP contribution in [-0.2, 0) is 18.7 Å². The largest absolute Gasteiger partial charge is 0.457 e. The number of hydrogen-bond acceptors (Lipinski definition) is 4. The number of methoxy groups -OCH3 is 1. The van der Waals surface area contributed by atoms with E-state index in [1.807, 2.05) is 12.1 Å². The first-order valence-electron chi connectivity index (χ1n) is 10.3. The van der Waals surface area contributed by atoms with Crippen molar-refractivity contribution in [3.05, 3.63) is 60.7 Å². The molecule has 1 saturated carbocycles. The molecule has 0 heterocycles. The minimum absolute atomic E-state index is 0.00266. The molecule has 0 bridgehead atoms. The maximum Gasteiger partial charge on any atom is 0.332 e. The molecule has 0 amide bonds. The van der Waals surface area contributed by atoms with Crippen LogP contribution in [0.15, 0.2) is 60.7 Å². The van der Waals surface area contributed by atoms with Gasteiger partial charge in [0.15, 0.2) is 0 Å². The van der Waals surface area contributed by atoms with Crippen molar-refractivity contribution in [1.29, 1.82) is 0 Å². The van der Waals surface area contributed by atoms with Gasteiger partial charge in [-0.2, -0.15) is 0 Å². The Hall–Kier alpha value is -1.95. The molecule has 29 heavy (non-hydrogen) atoms. The first-order valence-corrected chi connectivity index (χ1v) is 12.2. The minimum Gasteiger partial charge on any atom is -0.457 e. The van der Waals surface area contributed by atoms with Gasteiger partial charge in [0.2, 0.25) is 0 Å². The SMILES string of the molecule is COCC(=O)OC1(CCO[Si](c2ccccc2)(c2ccccc2)C(C)(C)C)CC1. The normalized spacial score (nSPS) is 15.7. The second-order valence-electron chi connectivity index (χ2n) is 8.85. The zero-order chi connectivity index (χ0) is 21.0. The number of carbonyl (C=O) groups excluding carboxylic acids is 1. The highest BCUT2D eigenvalue weighted by molar-refractivity contribution is 6.99. The molecule has 0 aliphatic heterocycles. The first kappa shape index (κ1) is 21.7. The molecule has 2 aromatic carbocycles. The predicted molar refractivity (Wildman–Crippen MR) is 118 cm³/mol. The van der Waals surface area contributed by atoms with Gasteiger partial charge in [-0.1, -0.05) is 81.4 Å². The van der Waals surface area contributed by atoms with Crippen LogP contribution in [-0.4, -0.2) is 40.2 Å². The van der Waals surface area contributed by atoms with Crippen molar-refractivity contribution in [1.82, 2.24) is 0 Å². The highest BCUT2D eigenvalue weighted by Gasteiger charge is 2.52. The molecule has 0 N–H and O–H groups in total. The van der Waals surface area contributed by atoms with Gasteiger partial charge in [0.1, 0.15) is 12.2 Å². The maximum absolute atomic E-state index is 11.9. The Morgan fingerprint density at radius 2 is 1.48 bits per heavy atom. The second kappa shape index (κ2) is 8.82. The van der Waals surface area contributed by atoms with Crippen molar-refractivity contribution in [2.24, 2.45) is 0 Å². The van der Waals surface area contributed by atoms with Gasteiger partial charge in [-0.25, -0.2) is 4.79 Å². The van der Waals surface area contributed by atoms with Crippen LogP contribution in [0.4, 0.5) is 0 Å². The number of ether oxygens (including phenoxy) is 2. The van der Waals surface area contributed by atoms with Crippen LogP contribution in [0.3, 0.4) is 0 Å². The van der Waals surface area contributed by atoms with Crippen molar-refractivity contribution in [3.8, 4) is 0 Å². The average molecular weight is 413 g/mol. The molecule has 0 atom stereocenters. The summed E-state index contributed by atoms with van der Waals surface area (Å²) in [7, 11) is -1.03. The Bertz CT molecular complexity index is 755. The van der Waals surface area contributed by atoms with Gasteiger partial charge in [0.05, 0.1) is 0 Å². The molecular formula is C24H32O4Si. The fourth-order valence-corrected chi connectivity index (χ4v) is 8.65. The highest BCUT2D eigenvalue weighted by Crippen LogP contribution is 2.44.